The Morgan fingerprint density at radius 2 is 2.03 bits per heavy atom. The average Bonchev–Trinajstić information content (AvgIpc) is 3.29. The van der Waals surface area contributed by atoms with Crippen LogP contribution >= 0.6 is 15.9 Å². The van der Waals surface area contributed by atoms with Gasteiger partial charge in [0.25, 0.3) is 0 Å². The number of fused-ring (bicyclic) bond motifs is 2. The van der Waals surface area contributed by atoms with Gasteiger partial charge in [0.05, 0.1) is 21.9 Å². The Morgan fingerprint density at radius 3 is 2.80 bits per heavy atom. The van der Waals surface area contributed by atoms with E-state index in [1.165, 1.54) is 5.56 Å². The first kappa shape index (κ1) is 23.5. The van der Waals surface area contributed by atoms with Crippen LogP contribution in [-0.2, 0) is 6.54 Å². The first-order valence-electron chi connectivity index (χ1n) is 11.9. The minimum Gasteiger partial charge on any atom is -0.383 e. The molecule has 4 N–H and O–H groups in total. The molecule has 1 fully saturated rings. The number of hydrogen-bond donors (Lipinski definition) is 3. The molecule has 1 aromatic carbocycles. The summed E-state index contributed by atoms with van der Waals surface area (Å²) in [7, 11) is 0. The van der Waals surface area contributed by atoms with Gasteiger partial charge in [0.1, 0.15) is 5.82 Å². The molecule has 182 valence electrons. The summed E-state index contributed by atoms with van der Waals surface area (Å²) in [5.74, 6) is 0.508. The molecular weight excluding hydrogens is 508 g/mol. The van der Waals surface area contributed by atoms with Crippen LogP contribution in [0.5, 0.6) is 0 Å². The molecular formula is C25H29BrN8O. The zero-order valence-corrected chi connectivity index (χ0v) is 21.5. The lowest BCUT2D eigenvalue weighted by molar-refractivity contribution is 0.176. The van der Waals surface area contributed by atoms with Crippen molar-refractivity contribution in [2.24, 2.45) is 0 Å². The van der Waals surface area contributed by atoms with Crippen LogP contribution in [0.15, 0.2) is 41.1 Å². The number of likely N-dealkylation sites (tertiary alicyclic amines) is 1. The maximum Gasteiger partial charge on any atom is 0.317 e. The Bertz CT molecular complexity index is 1390. The molecule has 0 atom stereocenters. The lowest BCUT2D eigenvalue weighted by Crippen LogP contribution is -2.48. The number of carbonyl (C=O) groups is 1. The largest absolute Gasteiger partial charge is 0.383 e. The molecule has 1 aliphatic rings. The third kappa shape index (κ3) is 4.68. The van der Waals surface area contributed by atoms with E-state index >= 15 is 0 Å². The fourth-order valence-corrected chi connectivity index (χ4v) is 4.95. The van der Waals surface area contributed by atoms with Crippen LogP contribution in [0, 0.1) is 6.92 Å². The molecule has 0 saturated carbocycles. The van der Waals surface area contributed by atoms with Crippen LogP contribution < -0.4 is 16.4 Å². The van der Waals surface area contributed by atoms with Gasteiger partial charge in [0.15, 0.2) is 5.65 Å². The van der Waals surface area contributed by atoms with E-state index < -0.39 is 0 Å². The van der Waals surface area contributed by atoms with Gasteiger partial charge in [-0.3, -0.25) is 4.98 Å². The number of hydrogen-bond acceptors (Lipinski definition) is 6. The molecule has 0 aliphatic carbocycles. The Morgan fingerprint density at radius 1 is 1.23 bits per heavy atom. The van der Waals surface area contributed by atoms with Crippen molar-refractivity contribution < 1.29 is 4.79 Å². The fourth-order valence-electron chi connectivity index (χ4n) is 4.55. The number of halogens is 1. The van der Waals surface area contributed by atoms with Crippen molar-refractivity contribution >= 4 is 44.3 Å². The van der Waals surface area contributed by atoms with E-state index in [0.717, 1.165) is 58.1 Å². The summed E-state index contributed by atoms with van der Waals surface area (Å²) < 4.78 is 2.40. The topological polar surface area (TPSA) is 113 Å². The summed E-state index contributed by atoms with van der Waals surface area (Å²) in [6, 6.07) is 8.66. The molecule has 4 heterocycles. The highest BCUT2D eigenvalue weighted by molar-refractivity contribution is 9.10. The van der Waals surface area contributed by atoms with Gasteiger partial charge in [-0.05, 0) is 60.8 Å². The number of rotatable bonds is 5. The van der Waals surface area contributed by atoms with Gasteiger partial charge in [-0.15, -0.1) is 0 Å². The van der Waals surface area contributed by atoms with Crippen LogP contribution in [0.3, 0.4) is 0 Å². The average molecular weight is 537 g/mol. The summed E-state index contributed by atoms with van der Waals surface area (Å²) in [5.41, 5.74) is 11.9. The molecule has 9 nitrogen and oxygen atoms in total. The van der Waals surface area contributed by atoms with Gasteiger partial charge in [-0.2, -0.15) is 9.61 Å². The number of aryl methyl sites for hydroxylation is 1. The van der Waals surface area contributed by atoms with Gasteiger partial charge in [0.2, 0.25) is 0 Å². The van der Waals surface area contributed by atoms with Crippen molar-refractivity contribution in [3.8, 4) is 11.1 Å². The van der Waals surface area contributed by atoms with Gasteiger partial charge < -0.3 is 21.3 Å². The molecule has 0 unspecified atom stereocenters. The second-order valence-corrected chi connectivity index (χ2v) is 9.74. The number of amides is 2. The predicted molar refractivity (Wildman–Crippen MR) is 141 cm³/mol. The van der Waals surface area contributed by atoms with E-state index in [1.54, 1.807) is 10.7 Å². The van der Waals surface area contributed by atoms with E-state index in [-0.39, 0.29) is 6.03 Å². The highest BCUT2D eigenvalue weighted by atomic mass is 79.9. The van der Waals surface area contributed by atoms with E-state index in [9.17, 15) is 4.79 Å². The number of nitrogen functional groups attached to an aromatic ring is 1. The maximum atomic E-state index is 12.1. The van der Waals surface area contributed by atoms with Gasteiger partial charge in [0, 0.05) is 54.9 Å². The normalized spacial score (nSPS) is 14.7. The van der Waals surface area contributed by atoms with Crippen molar-refractivity contribution in [1.29, 1.82) is 0 Å². The number of nitrogens with two attached hydrogens (primary N) is 1. The second-order valence-electron chi connectivity index (χ2n) is 8.95. The second kappa shape index (κ2) is 9.79. The minimum absolute atomic E-state index is 0.0141. The number of anilines is 1. The highest BCUT2D eigenvalue weighted by Gasteiger charge is 2.23. The molecule has 35 heavy (non-hydrogen) atoms. The fraction of sp³-hybridized carbons (Fsp3) is 0.360. The van der Waals surface area contributed by atoms with Crippen LogP contribution in [0.2, 0.25) is 0 Å². The van der Waals surface area contributed by atoms with Gasteiger partial charge in [-0.25, -0.2) is 9.78 Å². The molecule has 5 rings (SSSR count). The molecule has 1 saturated heterocycles. The lowest BCUT2D eigenvalue weighted by atomic mass is 10.1. The van der Waals surface area contributed by atoms with Gasteiger partial charge in [-0.1, -0.05) is 11.6 Å². The molecule has 0 spiro atoms. The van der Waals surface area contributed by atoms with Crippen molar-refractivity contribution in [3.05, 3.63) is 52.4 Å². The standard InChI is InChI=1S/C25H29BrN8O/c1-3-28-25(35)33-8-6-18(7-9-33)29-14-21-22(26)23(27)34-24(32-21)19(13-31-34)17-11-16-10-15(2)4-5-20(16)30-12-17/h4-5,10-13,18,29H,3,6-9,14,27H2,1-2H3,(H,28,35). The molecule has 0 bridgehead atoms. The zero-order valence-electron chi connectivity index (χ0n) is 19.9. The number of pyridine rings is 1. The first-order chi connectivity index (χ1) is 16.9. The van der Waals surface area contributed by atoms with E-state index in [2.05, 4.69) is 61.8 Å². The number of benzene rings is 1. The zero-order chi connectivity index (χ0) is 24.5. The summed E-state index contributed by atoms with van der Waals surface area (Å²) in [6.07, 6.45) is 5.44. The molecule has 2 amide bonds. The molecule has 4 aromatic rings. The highest BCUT2D eigenvalue weighted by Crippen LogP contribution is 2.31. The molecule has 10 heteroatoms. The smallest absolute Gasteiger partial charge is 0.317 e. The molecule has 3 aromatic heterocycles. The quantitative estimate of drug-likeness (QED) is 0.356. The summed E-state index contributed by atoms with van der Waals surface area (Å²) >= 11 is 3.62. The maximum absolute atomic E-state index is 12.1. The van der Waals surface area contributed by atoms with E-state index in [1.807, 2.05) is 24.1 Å². The third-order valence-electron chi connectivity index (χ3n) is 6.51. The van der Waals surface area contributed by atoms with Crippen LogP contribution in [-0.4, -0.2) is 56.2 Å². The summed E-state index contributed by atoms with van der Waals surface area (Å²) in [4.78, 5) is 23.5. The van der Waals surface area contributed by atoms with Crippen LogP contribution in [0.1, 0.15) is 31.0 Å². The van der Waals surface area contributed by atoms with E-state index in [0.29, 0.717) is 30.6 Å². The Labute approximate surface area is 212 Å². The van der Waals surface area contributed by atoms with E-state index in [4.69, 9.17) is 10.7 Å². The number of nitrogens with zero attached hydrogens (tertiary/aromatic N) is 5. The minimum atomic E-state index is 0.0141. The third-order valence-corrected chi connectivity index (χ3v) is 7.37. The van der Waals surface area contributed by atoms with Crippen molar-refractivity contribution in [2.45, 2.75) is 39.3 Å². The number of urea groups is 1. The lowest BCUT2D eigenvalue weighted by Gasteiger charge is -2.32. The van der Waals surface area contributed by atoms with Crippen LogP contribution in [0.25, 0.3) is 27.7 Å². The molecule has 0 radical (unpaired) electrons. The number of aromatic nitrogens is 4. The monoisotopic (exact) mass is 536 g/mol. The van der Waals surface area contributed by atoms with Crippen molar-refractivity contribution in [2.75, 3.05) is 25.4 Å². The van der Waals surface area contributed by atoms with Crippen LogP contribution in [0.4, 0.5) is 10.6 Å². The van der Waals surface area contributed by atoms with Crippen molar-refractivity contribution in [1.82, 2.24) is 35.1 Å². The summed E-state index contributed by atoms with van der Waals surface area (Å²) in [5, 5.41) is 12.0. The first-order valence-corrected chi connectivity index (χ1v) is 12.7. The summed E-state index contributed by atoms with van der Waals surface area (Å²) in [6.45, 7) is 6.69. The number of piperidine rings is 1. The van der Waals surface area contributed by atoms with Crippen molar-refractivity contribution in [3.63, 3.8) is 0 Å². The number of nitrogens with one attached hydrogen (secondary N) is 2. The Balaban J connectivity index is 1.37. The Kier molecular flexibility index (Phi) is 6.57. The van der Waals surface area contributed by atoms with Gasteiger partial charge >= 0.3 is 6.03 Å². The predicted octanol–water partition coefficient (Wildman–Crippen LogP) is 3.88. The molecule has 1 aliphatic heterocycles. The number of carbonyl (C=O) groups excluding carboxylic acids is 1. The Hall–Kier alpha value is -3.24. The SMILES string of the molecule is CCNC(=O)N1CCC(NCc2nc3c(-c4cnc5ccc(C)cc5c4)cnn3c(N)c2Br)CC1.